The van der Waals surface area contributed by atoms with Gasteiger partial charge in [0.2, 0.25) is 0 Å². The maximum absolute atomic E-state index is 13.0. The average Bonchev–Trinajstić information content (AvgIpc) is 2.62. The van der Waals surface area contributed by atoms with Gasteiger partial charge < -0.3 is 20.9 Å². The van der Waals surface area contributed by atoms with Crippen molar-refractivity contribution in [2.24, 2.45) is 0 Å². The molecule has 1 aromatic rings. The fourth-order valence-corrected chi connectivity index (χ4v) is 1.72. The van der Waals surface area contributed by atoms with Gasteiger partial charge in [-0.25, -0.2) is 4.39 Å². The van der Waals surface area contributed by atoms with E-state index in [4.69, 9.17) is 10.5 Å². The summed E-state index contributed by atoms with van der Waals surface area (Å²) < 4.78 is 18.1. The maximum atomic E-state index is 13.0. The van der Waals surface area contributed by atoms with Crippen LogP contribution >= 0.6 is 0 Å². The molecule has 5 heteroatoms. The number of nitrogens with two attached hydrogens (primary N) is 1. The number of anilines is 2. The van der Waals surface area contributed by atoms with E-state index in [1.165, 1.54) is 12.1 Å². The van der Waals surface area contributed by atoms with Crippen molar-refractivity contribution in [2.45, 2.75) is 12.0 Å². The molecule has 0 spiro atoms. The zero-order chi connectivity index (χ0) is 11.6. The van der Waals surface area contributed by atoms with Crippen LogP contribution in [0.25, 0.3) is 0 Å². The zero-order valence-electron chi connectivity index (χ0n) is 8.87. The predicted molar refractivity (Wildman–Crippen MR) is 59.7 cm³/mol. The van der Waals surface area contributed by atoms with E-state index in [2.05, 4.69) is 5.32 Å². The first-order valence-electron chi connectivity index (χ1n) is 5.17. The van der Waals surface area contributed by atoms with Crippen molar-refractivity contribution in [1.82, 2.24) is 0 Å². The molecule has 0 aliphatic carbocycles. The van der Waals surface area contributed by atoms with Crippen LogP contribution in [0.4, 0.5) is 15.8 Å². The highest BCUT2D eigenvalue weighted by Crippen LogP contribution is 2.21. The van der Waals surface area contributed by atoms with E-state index in [9.17, 15) is 9.50 Å². The molecular formula is C11H15FN2O2. The van der Waals surface area contributed by atoms with Gasteiger partial charge in [0.15, 0.2) is 0 Å². The van der Waals surface area contributed by atoms with Crippen LogP contribution in [0, 0.1) is 5.82 Å². The predicted octanol–water partition coefficient (Wildman–Crippen LogP) is 0.971. The summed E-state index contributed by atoms with van der Waals surface area (Å²) in [7, 11) is 0. The molecule has 4 nitrogen and oxygen atoms in total. The molecule has 88 valence electrons. The number of nitrogen functional groups attached to an aromatic ring is 1. The lowest BCUT2D eigenvalue weighted by Crippen LogP contribution is -2.37. The monoisotopic (exact) mass is 226 g/mol. The number of hydrogen-bond donors (Lipinski definition) is 3. The van der Waals surface area contributed by atoms with Crippen LogP contribution < -0.4 is 11.1 Å². The van der Waals surface area contributed by atoms with Gasteiger partial charge in [0, 0.05) is 30.9 Å². The lowest BCUT2D eigenvalue weighted by atomic mass is 10.0. The van der Waals surface area contributed by atoms with E-state index >= 15 is 0 Å². The normalized spacial score (nSPS) is 24.6. The highest BCUT2D eigenvalue weighted by atomic mass is 19.1. The molecular weight excluding hydrogens is 211 g/mol. The quantitative estimate of drug-likeness (QED) is 0.672. The number of hydrogen-bond acceptors (Lipinski definition) is 4. The van der Waals surface area contributed by atoms with Gasteiger partial charge in [-0.15, -0.1) is 0 Å². The Hall–Kier alpha value is -1.33. The number of ether oxygens (including phenoxy) is 1. The third-order valence-electron chi connectivity index (χ3n) is 2.62. The molecule has 0 amide bonds. The minimum Gasteiger partial charge on any atom is -0.399 e. The second-order valence-electron chi connectivity index (χ2n) is 4.15. The minimum atomic E-state index is -0.860. The van der Waals surface area contributed by atoms with Crippen LogP contribution in [0.2, 0.25) is 0 Å². The first-order chi connectivity index (χ1) is 7.57. The summed E-state index contributed by atoms with van der Waals surface area (Å²) >= 11 is 0. The van der Waals surface area contributed by atoms with Crippen LogP contribution in [0.1, 0.15) is 6.42 Å². The van der Waals surface area contributed by atoms with E-state index in [1.54, 1.807) is 6.07 Å². The molecule has 0 aromatic heterocycles. The van der Waals surface area contributed by atoms with Gasteiger partial charge in [-0.05, 0) is 18.2 Å². The highest BCUT2D eigenvalue weighted by Gasteiger charge is 2.31. The maximum Gasteiger partial charge on any atom is 0.127 e. The number of aliphatic hydroxyl groups is 1. The van der Waals surface area contributed by atoms with Crippen LogP contribution in [0.3, 0.4) is 0 Å². The summed E-state index contributed by atoms with van der Waals surface area (Å²) in [5, 5.41) is 12.9. The second kappa shape index (κ2) is 4.27. The summed E-state index contributed by atoms with van der Waals surface area (Å²) in [5.41, 5.74) is 5.57. The van der Waals surface area contributed by atoms with Gasteiger partial charge in [-0.3, -0.25) is 0 Å². The van der Waals surface area contributed by atoms with E-state index in [0.717, 1.165) is 0 Å². The molecule has 2 rings (SSSR count). The lowest BCUT2D eigenvalue weighted by Gasteiger charge is -2.21. The van der Waals surface area contributed by atoms with Crippen LogP contribution in [0.15, 0.2) is 18.2 Å². The number of halogens is 1. The van der Waals surface area contributed by atoms with Gasteiger partial charge in [-0.1, -0.05) is 0 Å². The third-order valence-corrected chi connectivity index (χ3v) is 2.62. The Labute approximate surface area is 93.2 Å². The number of rotatable bonds is 3. The van der Waals surface area contributed by atoms with Gasteiger partial charge in [-0.2, -0.15) is 0 Å². The van der Waals surface area contributed by atoms with E-state index in [1.807, 2.05) is 0 Å². The van der Waals surface area contributed by atoms with Crippen LogP contribution in [-0.4, -0.2) is 30.5 Å². The fourth-order valence-electron chi connectivity index (χ4n) is 1.72. The summed E-state index contributed by atoms with van der Waals surface area (Å²) in [6.45, 7) is 1.20. The molecule has 1 fully saturated rings. The zero-order valence-corrected chi connectivity index (χ0v) is 8.87. The molecule has 0 saturated carbocycles. The Kier molecular flexibility index (Phi) is 2.98. The van der Waals surface area contributed by atoms with Crippen molar-refractivity contribution in [2.75, 3.05) is 30.8 Å². The Bertz CT molecular complexity index is 358. The summed E-state index contributed by atoms with van der Waals surface area (Å²) in [6.07, 6.45) is 0.588. The molecule has 1 aliphatic heterocycles. The Balaban J connectivity index is 1.98. The van der Waals surface area contributed by atoms with E-state index in [-0.39, 0.29) is 0 Å². The van der Waals surface area contributed by atoms with Crippen molar-refractivity contribution in [1.29, 1.82) is 0 Å². The SMILES string of the molecule is Nc1cc(F)cc(NCC2(O)CCOC2)c1. The molecule has 4 N–H and O–H groups in total. The standard InChI is InChI=1S/C11H15FN2O2/c12-8-3-9(13)5-10(4-8)14-6-11(15)1-2-16-7-11/h3-5,14-15H,1-2,6-7,13H2. The molecule has 1 aliphatic rings. The molecule has 0 bridgehead atoms. The summed E-state index contributed by atoms with van der Waals surface area (Å²) in [6, 6.07) is 4.22. The van der Waals surface area contributed by atoms with Crippen molar-refractivity contribution in [3.63, 3.8) is 0 Å². The molecule has 1 heterocycles. The van der Waals surface area contributed by atoms with Crippen LogP contribution in [0.5, 0.6) is 0 Å². The fraction of sp³-hybridized carbons (Fsp3) is 0.455. The topological polar surface area (TPSA) is 67.5 Å². The van der Waals surface area contributed by atoms with Gasteiger partial charge >= 0.3 is 0 Å². The summed E-state index contributed by atoms with van der Waals surface area (Å²) in [5.74, 6) is -0.392. The number of nitrogens with one attached hydrogen (secondary N) is 1. The van der Waals surface area contributed by atoms with E-state index in [0.29, 0.717) is 37.6 Å². The molecule has 1 atom stereocenters. The van der Waals surface area contributed by atoms with Crippen molar-refractivity contribution in [3.05, 3.63) is 24.0 Å². The van der Waals surface area contributed by atoms with Gasteiger partial charge in [0.1, 0.15) is 11.4 Å². The molecule has 1 saturated heterocycles. The lowest BCUT2D eigenvalue weighted by molar-refractivity contribution is 0.0382. The second-order valence-corrected chi connectivity index (χ2v) is 4.15. The molecule has 16 heavy (non-hydrogen) atoms. The highest BCUT2D eigenvalue weighted by molar-refractivity contribution is 5.54. The van der Waals surface area contributed by atoms with E-state index < -0.39 is 11.4 Å². The minimum absolute atomic E-state index is 0.310. The van der Waals surface area contributed by atoms with Crippen molar-refractivity contribution >= 4 is 11.4 Å². The van der Waals surface area contributed by atoms with Crippen LogP contribution in [-0.2, 0) is 4.74 Å². The molecule has 1 aromatic carbocycles. The Morgan fingerprint density at radius 2 is 2.31 bits per heavy atom. The largest absolute Gasteiger partial charge is 0.399 e. The molecule has 1 unspecified atom stereocenters. The summed E-state index contributed by atoms with van der Waals surface area (Å²) in [4.78, 5) is 0. The Morgan fingerprint density at radius 3 is 2.94 bits per heavy atom. The third kappa shape index (κ3) is 2.62. The number of benzene rings is 1. The van der Waals surface area contributed by atoms with Gasteiger partial charge in [0.25, 0.3) is 0 Å². The first kappa shape index (κ1) is 11.2. The smallest absolute Gasteiger partial charge is 0.127 e. The van der Waals surface area contributed by atoms with Crippen molar-refractivity contribution < 1.29 is 14.2 Å². The average molecular weight is 226 g/mol. The van der Waals surface area contributed by atoms with Gasteiger partial charge in [0.05, 0.1) is 6.61 Å². The Morgan fingerprint density at radius 1 is 1.50 bits per heavy atom. The van der Waals surface area contributed by atoms with Crippen molar-refractivity contribution in [3.8, 4) is 0 Å². The molecule has 0 radical (unpaired) electrons. The first-order valence-corrected chi connectivity index (χ1v) is 5.17.